The number of hydrogen-bond acceptors (Lipinski definition) is 7. The zero-order chi connectivity index (χ0) is 15.5. The van der Waals surface area contributed by atoms with E-state index in [9.17, 15) is 13.2 Å². The van der Waals surface area contributed by atoms with Crippen molar-refractivity contribution in [2.45, 2.75) is 24.7 Å². The molecule has 0 saturated heterocycles. The van der Waals surface area contributed by atoms with Gasteiger partial charge in [0, 0.05) is 5.92 Å². The highest BCUT2D eigenvalue weighted by atomic mass is 32.2. The molecule has 0 aliphatic rings. The Hall–Kier alpha value is -1.78. The zero-order valence-electron chi connectivity index (χ0n) is 11.4. The van der Waals surface area contributed by atoms with Crippen LogP contribution in [0.15, 0.2) is 27.2 Å². The molecule has 0 aliphatic carbocycles. The summed E-state index contributed by atoms with van der Waals surface area (Å²) in [5.74, 6) is 0.00102. The average molecular weight is 330 g/mol. The van der Waals surface area contributed by atoms with E-state index >= 15 is 0 Å². The van der Waals surface area contributed by atoms with Gasteiger partial charge in [0.15, 0.2) is 0 Å². The number of hydrogen-bond donors (Lipinski definition) is 2. The molecule has 0 saturated carbocycles. The Bertz CT molecular complexity index is 706. The highest BCUT2D eigenvalue weighted by molar-refractivity contribution is 7.91. The average Bonchev–Trinajstić information content (AvgIpc) is 3.07. The van der Waals surface area contributed by atoms with Crippen LogP contribution >= 0.6 is 11.3 Å². The van der Waals surface area contributed by atoms with Crippen molar-refractivity contribution in [1.29, 1.82) is 0 Å². The van der Waals surface area contributed by atoms with Crippen molar-refractivity contribution in [3.63, 3.8) is 0 Å². The van der Waals surface area contributed by atoms with E-state index in [1.807, 2.05) is 0 Å². The normalized spacial score (nSPS) is 11.8. The fourth-order valence-electron chi connectivity index (χ4n) is 1.26. The molecule has 2 aromatic heterocycles. The summed E-state index contributed by atoms with van der Waals surface area (Å²) in [7, 11) is -3.79. The van der Waals surface area contributed by atoms with Crippen LogP contribution in [-0.2, 0) is 21.4 Å². The number of carbonyl (C=O) groups excluding carboxylic acids is 1. The van der Waals surface area contributed by atoms with Crippen molar-refractivity contribution in [2.24, 2.45) is 5.92 Å². The smallest absolute Gasteiger partial charge is 0.270 e. The number of rotatable bonds is 6. The van der Waals surface area contributed by atoms with Crippen molar-refractivity contribution >= 4 is 32.4 Å². The van der Waals surface area contributed by atoms with Crippen LogP contribution in [0.25, 0.3) is 0 Å². The predicted octanol–water partition coefficient (Wildman–Crippen LogP) is 1.20. The molecule has 2 N–H and O–H groups in total. The van der Waals surface area contributed by atoms with Gasteiger partial charge in [-0.25, -0.2) is 13.1 Å². The lowest BCUT2D eigenvalue weighted by molar-refractivity contribution is -0.118. The number of nitrogens with one attached hydrogen (secondary N) is 2. The molecule has 114 valence electrons. The number of amides is 1. The first-order valence-electron chi connectivity index (χ1n) is 6.05. The molecular weight excluding hydrogens is 316 g/mol. The third-order valence-corrected chi connectivity index (χ3v) is 5.01. The van der Waals surface area contributed by atoms with Gasteiger partial charge in [0.25, 0.3) is 10.0 Å². The molecule has 8 nitrogen and oxygen atoms in total. The van der Waals surface area contributed by atoms with Gasteiger partial charge in [-0.3, -0.25) is 4.79 Å². The molecule has 0 aromatic carbocycles. The second kappa shape index (κ2) is 6.33. The number of carbonyl (C=O) groups is 1. The summed E-state index contributed by atoms with van der Waals surface area (Å²) in [4.78, 5) is 11.5. The van der Waals surface area contributed by atoms with E-state index in [1.54, 1.807) is 26.0 Å². The number of aromatic nitrogens is 2. The molecule has 10 heteroatoms. The third-order valence-electron chi connectivity index (χ3n) is 2.41. The molecule has 0 atom stereocenters. The maximum absolute atomic E-state index is 12.0. The van der Waals surface area contributed by atoms with Crippen LogP contribution < -0.4 is 10.0 Å². The molecule has 0 unspecified atom stereocenters. The SMILES string of the molecule is CC(C)C(=O)Nc1nnc(S(=O)(=O)NCc2ccco2)s1. The van der Waals surface area contributed by atoms with Crippen LogP contribution in [0, 0.1) is 5.92 Å². The van der Waals surface area contributed by atoms with Gasteiger partial charge in [0.2, 0.25) is 15.4 Å². The van der Waals surface area contributed by atoms with Crippen LogP contribution in [0.4, 0.5) is 5.13 Å². The Balaban J connectivity index is 2.03. The summed E-state index contributed by atoms with van der Waals surface area (Å²) in [6.07, 6.45) is 1.45. The van der Waals surface area contributed by atoms with Gasteiger partial charge in [0.05, 0.1) is 12.8 Å². The minimum atomic E-state index is -3.79. The summed E-state index contributed by atoms with van der Waals surface area (Å²) >= 11 is 0.788. The standard InChI is InChI=1S/C11H14N4O4S2/c1-7(2)9(16)13-10-14-15-11(20-10)21(17,18)12-6-8-4-3-5-19-8/h3-5,7,12H,6H2,1-2H3,(H,13,14,16). The monoisotopic (exact) mass is 330 g/mol. The first-order chi connectivity index (χ1) is 9.88. The minimum Gasteiger partial charge on any atom is -0.468 e. The zero-order valence-corrected chi connectivity index (χ0v) is 13.0. The molecule has 2 heterocycles. The van der Waals surface area contributed by atoms with Gasteiger partial charge in [-0.1, -0.05) is 25.2 Å². The number of anilines is 1. The van der Waals surface area contributed by atoms with Gasteiger partial charge < -0.3 is 9.73 Å². The molecule has 0 bridgehead atoms. The van der Waals surface area contributed by atoms with E-state index in [0.717, 1.165) is 11.3 Å². The molecule has 0 spiro atoms. The van der Waals surface area contributed by atoms with Crippen molar-refractivity contribution in [2.75, 3.05) is 5.32 Å². The molecule has 2 aromatic rings. The van der Waals surface area contributed by atoms with E-state index in [2.05, 4.69) is 20.2 Å². The Labute approximate surface area is 125 Å². The lowest BCUT2D eigenvalue weighted by Crippen LogP contribution is -2.22. The Morgan fingerprint density at radius 3 is 2.81 bits per heavy atom. The Morgan fingerprint density at radius 1 is 1.43 bits per heavy atom. The van der Waals surface area contributed by atoms with Gasteiger partial charge in [-0.15, -0.1) is 10.2 Å². The van der Waals surface area contributed by atoms with Crippen LogP contribution in [0.1, 0.15) is 19.6 Å². The van der Waals surface area contributed by atoms with Crippen molar-refractivity contribution in [1.82, 2.24) is 14.9 Å². The fraction of sp³-hybridized carbons (Fsp3) is 0.364. The van der Waals surface area contributed by atoms with E-state index in [-0.39, 0.29) is 27.8 Å². The summed E-state index contributed by atoms with van der Waals surface area (Å²) in [5.41, 5.74) is 0. The number of sulfonamides is 1. The van der Waals surface area contributed by atoms with Crippen LogP contribution in [0.2, 0.25) is 0 Å². The molecule has 0 aliphatic heterocycles. The van der Waals surface area contributed by atoms with Crippen molar-refractivity contribution < 1.29 is 17.6 Å². The van der Waals surface area contributed by atoms with E-state index in [1.165, 1.54) is 6.26 Å². The highest BCUT2D eigenvalue weighted by Crippen LogP contribution is 2.20. The molecule has 2 rings (SSSR count). The lowest BCUT2D eigenvalue weighted by Gasteiger charge is -2.02. The van der Waals surface area contributed by atoms with E-state index < -0.39 is 10.0 Å². The largest absolute Gasteiger partial charge is 0.468 e. The van der Waals surface area contributed by atoms with Crippen LogP contribution in [0.5, 0.6) is 0 Å². The topological polar surface area (TPSA) is 114 Å². The summed E-state index contributed by atoms with van der Waals surface area (Å²) < 4.78 is 31.2. The number of furan rings is 1. The lowest BCUT2D eigenvalue weighted by atomic mass is 10.2. The van der Waals surface area contributed by atoms with Crippen LogP contribution in [-0.4, -0.2) is 24.5 Å². The second-order valence-electron chi connectivity index (χ2n) is 4.42. The summed E-state index contributed by atoms with van der Waals surface area (Å²) in [5, 5.41) is 9.86. The predicted molar refractivity (Wildman–Crippen MR) is 76.1 cm³/mol. The molecule has 21 heavy (non-hydrogen) atoms. The molecule has 0 radical (unpaired) electrons. The Kier molecular flexibility index (Phi) is 4.70. The van der Waals surface area contributed by atoms with E-state index in [0.29, 0.717) is 5.76 Å². The number of nitrogens with zero attached hydrogens (tertiary/aromatic N) is 2. The first kappa shape index (κ1) is 15.6. The van der Waals surface area contributed by atoms with Gasteiger partial charge in [-0.2, -0.15) is 0 Å². The molecular formula is C11H14N4O4S2. The first-order valence-corrected chi connectivity index (χ1v) is 8.35. The maximum atomic E-state index is 12.0. The third kappa shape index (κ3) is 4.09. The van der Waals surface area contributed by atoms with Crippen LogP contribution in [0.3, 0.4) is 0 Å². The minimum absolute atomic E-state index is 0.0165. The maximum Gasteiger partial charge on any atom is 0.270 e. The molecule has 0 fully saturated rings. The quantitative estimate of drug-likeness (QED) is 0.769. The fourth-order valence-corrected chi connectivity index (χ4v) is 3.20. The van der Waals surface area contributed by atoms with Gasteiger partial charge in [0.1, 0.15) is 5.76 Å². The van der Waals surface area contributed by atoms with Gasteiger partial charge >= 0.3 is 0 Å². The van der Waals surface area contributed by atoms with Gasteiger partial charge in [-0.05, 0) is 12.1 Å². The Morgan fingerprint density at radius 2 is 2.19 bits per heavy atom. The van der Waals surface area contributed by atoms with E-state index in [4.69, 9.17) is 4.42 Å². The highest BCUT2D eigenvalue weighted by Gasteiger charge is 2.21. The summed E-state index contributed by atoms with van der Waals surface area (Å²) in [6, 6.07) is 3.31. The van der Waals surface area contributed by atoms with Crippen molar-refractivity contribution in [3.8, 4) is 0 Å². The second-order valence-corrected chi connectivity index (χ2v) is 7.34. The summed E-state index contributed by atoms with van der Waals surface area (Å²) in [6.45, 7) is 3.46. The molecule has 1 amide bonds. The van der Waals surface area contributed by atoms with Crippen molar-refractivity contribution in [3.05, 3.63) is 24.2 Å².